The average molecular weight is 422 g/mol. The summed E-state index contributed by atoms with van der Waals surface area (Å²) in [6.45, 7) is 6.98. The summed E-state index contributed by atoms with van der Waals surface area (Å²) in [6.07, 6.45) is 30.8. The van der Waals surface area contributed by atoms with Crippen molar-refractivity contribution in [3.05, 3.63) is 12.7 Å². The number of allylic oxidation sites excluding steroid dienone is 1. The molecule has 1 amide bonds. The molecule has 0 spiro atoms. The molecule has 178 valence electrons. The largest absolute Gasteiger partial charge is 0.346 e. The Morgan fingerprint density at radius 1 is 0.633 bits per heavy atom. The predicted molar refractivity (Wildman–Crippen MR) is 135 cm³/mol. The maximum Gasteiger partial charge on any atom is 0.222 e. The Morgan fingerprint density at radius 2 is 1.03 bits per heavy atom. The van der Waals surface area contributed by atoms with Crippen molar-refractivity contribution in [1.29, 1.82) is 0 Å². The molecule has 0 unspecified atom stereocenters. The average Bonchev–Trinajstić information content (AvgIpc) is 2.75. The monoisotopic (exact) mass is 421 g/mol. The maximum absolute atomic E-state index is 12.1. The number of unbranched alkanes of at least 4 members (excludes halogenated alkanes) is 19. The molecule has 0 saturated heterocycles. The molecule has 0 aliphatic carbocycles. The van der Waals surface area contributed by atoms with Crippen molar-refractivity contribution in [2.45, 2.75) is 148 Å². The molecular formula is C28H55NO. The van der Waals surface area contributed by atoms with Gasteiger partial charge in [0.15, 0.2) is 0 Å². The van der Waals surface area contributed by atoms with Gasteiger partial charge in [0.1, 0.15) is 0 Å². The zero-order chi connectivity index (χ0) is 22.1. The van der Waals surface area contributed by atoms with Crippen molar-refractivity contribution in [3.63, 3.8) is 0 Å². The lowest BCUT2D eigenvalue weighted by Crippen LogP contribution is -2.27. The van der Waals surface area contributed by atoms with E-state index in [-0.39, 0.29) is 0 Å². The van der Waals surface area contributed by atoms with Crippen molar-refractivity contribution >= 4 is 5.91 Å². The van der Waals surface area contributed by atoms with E-state index in [1.807, 2.05) is 18.0 Å². The van der Waals surface area contributed by atoms with Gasteiger partial charge in [-0.1, -0.05) is 122 Å². The Labute approximate surface area is 190 Å². The molecule has 0 fully saturated rings. The molecule has 0 radical (unpaired) electrons. The van der Waals surface area contributed by atoms with E-state index in [2.05, 4.69) is 13.5 Å². The van der Waals surface area contributed by atoms with Crippen molar-refractivity contribution in [2.24, 2.45) is 0 Å². The molecule has 0 aliphatic rings. The third kappa shape index (κ3) is 21.9. The fourth-order valence-electron chi connectivity index (χ4n) is 4.13. The fourth-order valence-corrected chi connectivity index (χ4v) is 4.13. The van der Waals surface area contributed by atoms with Crippen LogP contribution in [0.3, 0.4) is 0 Å². The normalized spacial score (nSPS) is 11.0. The van der Waals surface area contributed by atoms with Gasteiger partial charge in [0.05, 0.1) is 0 Å². The van der Waals surface area contributed by atoms with E-state index in [4.69, 9.17) is 0 Å². The van der Waals surface area contributed by atoms with Gasteiger partial charge in [-0.25, -0.2) is 0 Å². The quantitative estimate of drug-likeness (QED) is 0.112. The van der Waals surface area contributed by atoms with Gasteiger partial charge in [-0.05, 0) is 25.7 Å². The van der Waals surface area contributed by atoms with Gasteiger partial charge in [0, 0.05) is 20.0 Å². The molecule has 2 nitrogen and oxygen atoms in total. The molecule has 0 atom stereocenters. The smallest absolute Gasteiger partial charge is 0.222 e. The topological polar surface area (TPSA) is 20.3 Å². The third-order valence-electron chi connectivity index (χ3n) is 6.32. The number of hydrogen-bond acceptors (Lipinski definition) is 1. The summed E-state index contributed by atoms with van der Waals surface area (Å²) < 4.78 is 0. The maximum atomic E-state index is 12.1. The van der Waals surface area contributed by atoms with Gasteiger partial charge >= 0.3 is 0 Å². The lowest BCUT2D eigenvalue weighted by molar-refractivity contribution is -0.130. The second-order valence-electron chi connectivity index (χ2n) is 9.36. The van der Waals surface area contributed by atoms with Crippen LogP contribution in [0, 0.1) is 0 Å². The SMILES string of the molecule is C=CCCCCCCC(=O)N(C)CCCCCCCCCCCCCCCCCC. The Hall–Kier alpha value is -0.790. The summed E-state index contributed by atoms with van der Waals surface area (Å²) in [5.74, 6) is 0.333. The van der Waals surface area contributed by atoms with Crippen LogP contribution in [-0.2, 0) is 4.79 Å². The lowest BCUT2D eigenvalue weighted by atomic mass is 10.0. The van der Waals surface area contributed by atoms with Gasteiger partial charge in [0.2, 0.25) is 5.91 Å². The van der Waals surface area contributed by atoms with Crippen LogP contribution in [0.1, 0.15) is 148 Å². The number of carbonyl (C=O) groups excluding carboxylic acids is 1. The Bertz CT molecular complexity index is 366. The number of amides is 1. The molecule has 0 N–H and O–H groups in total. The number of hydrogen-bond donors (Lipinski definition) is 0. The number of carbonyl (C=O) groups is 1. The van der Waals surface area contributed by atoms with Crippen LogP contribution in [0.25, 0.3) is 0 Å². The van der Waals surface area contributed by atoms with Crippen LogP contribution in [0.4, 0.5) is 0 Å². The van der Waals surface area contributed by atoms with E-state index in [0.29, 0.717) is 5.91 Å². The number of nitrogens with zero attached hydrogens (tertiary/aromatic N) is 1. The highest BCUT2D eigenvalue weighted by molar-refractivity contribution is 5.75. The Balaban J connectivity index is 3.25. The van der Waals surface area contributed by atoms with E-state index in [1.54, 1.807) is 0 Å². The highest BCUT2D eigenvalue weighted by Gasteiger charge is 2.07. The predicted octanol–water partition coefficient (Wildman–Crippen LogP) is 9.23. The first kappa shape index (κ1) is 29.2. The molecule has 0 bridgehead atoms. The zero-order valence-corrected chi connectivity index (χ0v) is 20.9. The summed E-state index contributed by atoms with van der Waals surface area (Å²) in [6, 6.07) is 0. The summed E-state index contributed by atoms with van der Waals surface area (Å²) in [5, 5.41) is 0. The zero-order valence-electron chi connectivity index (χ0n) is 20.9. The Morgan fingerprint density at radius 3 is 1.50 bits per heavy atom. The van der Waals surface area contributed by atoms with Gasteiger partial charge in [-0.2, -0.15) is 0 Å². The summed E-state index contributed by atoms with van der Waals surface area (Å²) in [5.41, 5.74) is 0. The van der Waals surface area contributed by atoms with E-state index in [9.17, 15) is 4.79 Å². The van der Waals surface area contributed by atoms with Gasteiger partial charge in [-0.15, -0.1) is 6.58 Å². The van der Waals surface area contributed by atoms with Crippen molar-refractivity contribution in [3.8, 4) is 0 Å². The first-order valence-electron chi connectivity index (χ1n) is 13.6. The van der Waals surface area contributed by atoms with Crippen molar-refractivity contribution in [2.75, 3.05) is 13.6 Å². The summed E-state index contributed by atoms with van der Waals surface area (Å²) >= 11 is 0. The van der Waals surface area contributed by atoms with Crippen molar-refractivity contribution in [1.82, 2.24) is 4.90 Å². The standard InChI is InChI=1S/C28H55NO/c1-4-6-8-10-12-13-14-15-16-17-18-19-20-21-23-25-27-29(3)28(30)26-24-22-11-9-7-5-2/h5H,2,4,6-27H2,1,3H3. The van der Waals surface area contributed by atoms with E-state index >= 15 is 0 Å². The van der Waals surface area contributed by atoms with Crippen LogP contribution in [-0.4, -0.2) is 24.4 Å². The van der Waals surface area contributed by atoms with Crippen LogP contribution in [0.15, 0.2) is 12.7 Å². The molecule has 2 heteroatoms. The molecule has 0 rings (SSSR count). The molecule has 0 aliphatic heterocycles. The van der Waals surface area contributed by atoms with E-state index < -0.39 is 0 Å². The molecule has 30 heavy (non-hydrogen) atoms. The highest BCUT2D eigenvalue weighted by Crippen LogP contribution is 2.14. The van der Waals surface area contributed by atoms with Crippen LogP contribution < -0.4 is 0 Å². The second-order valence-corrected chi connectivity index (χ2v) is 9.36. The molecule has 0 heterocycles. The first-order valence-corrected chi connectivity index (χ1v) is 13.6. The third-order valence-corrected chi connectivity index (χ3v) is 6.32. The molecule has 0 saturated carbocycles. The van der Waals surface area contributed by atoms with Crippen molar-refractivity contribution < 1.29 is 4.79 Å². The Kier molecular flexibility index (Phi) is 23.8. The number of rotatable bonds is 24. The fraction of sp³-hybridized carbons (Fsp3) is 0.893. The van der Waals surface area contributed by atoms with Gasteiger partial charge in [-0.3, -0.25) is 4.79 Å². The molecule has 0 aromatic rings. The van der Waals surface area contributed by atoms with Gasteiger partial charge in [0.25, 0.3) is 0 Å². The van der Waals surface area contributed by atoms with Crippen LogP contribution in [0.2, 0.25) is 0 Å². The van der Waals surface area contributed by atoms with Crippen LogP contribution >= 0.6 is 0 Å². The van der Waals surface area contributed by atoms with Crippen LogP contribution in [0.5, 0.6) is 0 Å². The summed E-state index contributed by atoms with van der Waals surface area (Å²) in [7, 11) is 1.98. The molecule has 0 aromatic carbocycles. The van der Waals surface area contributed by atoms with Gasteiger partial charge < -0.3 is 4.90 Å². The van der Waals surface area contributed by atoms with E-state index in [1.165, 1.54) is 122 Å². The molecular weight excluding hydrogens is 366 g/mol. The minimum Gasteiger partial charge on any atom is -0.346 e. The first-order chi connectivity index (χ1) is 14.7. The highest BCUT2D eigenvalue weighted by atomic mass is 16.2. The summed E-state index contributed by atoms with van der Waals surface area (Å²) in [4.78, 5) is 14.1. The molecule has 0 aromatic heterocycles. The minimum atomic E-state index is 0.333. The second kappa shape index (κ2) is 24.5. The lowest BCUT2D eigenvalue weighted by Gasteiger charge is -2.17. The minimum absolute atomic E-state index is 0.333. The van der Waals surface area contributed by atoms with E-state index in [0.717, 1.165) is 25.8 Å².